The van der Waals surface area contributed by atoms with Crippen LogP contribution in [0.1, 0.15) is 17.0 Å². The van der Waals surface area contributed by atoms with E-state index in [0.29, 0.717) is 0 Å². The molecule has 0 amide bonds. The number of nitrogens with one attached hydrogen (secondary N) is 1. The van der Waals surface area contributed by atoms with Gasteiger partial charge in [-0.3, -0.25) is 10.1 Å². The van der Waals surface area contributed by atoms with Crippen molar-refractivity contribution in [2.24, 2.45) is 4.99 Å². The Balaban J connectivity index is 1.89. The molecule has 3 nitrogen and oxygen atoms in total. The van der Waals surface area contributed by atoms with Crippen LogP contribution in [0.2, 0.25) is 0 Å². The van der Waals surface area contributed by atoms with Crippen molar-refractivity contribution in [3.05, 3.63) is 70.0 Å². The highest BCUT2D eigenvalue weighted by atomic mass is 79.9. The molecule has 3 aromatic rings. The topological polar surface area (TPSA) is 41.0 Å². The number of H-pyrrole nitrogens is 1. The molecule has 0 aliphatic carbocycles. The molecule has 0 saturated heterocycles. The lowest BCUT2D eigenvalue weighted by atomic mass is 10.2. The molecule has 0 aliphatic rings. The van der Waals surface area contributed by atoms with E-state index in [0.717, 1.165) is 36.9 Å². The molecule has 0 spiro atoms. The molecule has 0 atom stereocenters. The number of rotatable bonds is 4. The molecule has 0 bridgehead atoms. The van der Waals surface area contributed by atoms with Crippen molar-refractivity contribution in [3.8, 4) is 0 Å². The second kappa shape index (κ2) is 7.15. The summed E-state index contributed by atoms with van der Waals surface area (Å²) in [4.78, 5) is 6.94. The molecule has 5 heteroatoms. The Hall–Kier alpha value is -1.85. The van der Waals surface area contributed by atoms with E-state index in [1.165, 1.54) is 0 Å². The lowest BCUT2D eigenvalue weighted by Gasteiger charge is -2.05. The third kappa shape index (κ3) is 3.92. The van der Waals surface area contributed by atoms with Gasteiger partial charge in [0.05, 0.1) is 16.3 Å². The van der Waals surface area contributed by atoms with Crippen LogP contribution >= 0.6 is 27.7 Å². The van der Waals surface area contributed by atoms with Crippen LogP contribution in [0.15, 0.2) is 67.8 Å². The van der Waals surface area contributed by atoms with E-state index < -0.39 is 0 Å². The minimum Gasteiger partial charge on any atom is -0.281 e. The molecule has 1 aromatic heterocycles. The molecule has 3 rings (SSSR count). The van der Waals surface area contributed by atoms with Crippen LogP contribution in [-0.2, 0) is 0 Å². The summed E-state index contributed by atoms with van der Waals surface area (Å²) in [7, 11) is 0. The fraction of sp³-hybridized carbons (Fsp3) is 0.111. The Morgan fingerprint density at radius 1 is 1.13 bits per heavy atom. The number of hydrogen-bond acceptors (Lipinski definition) is 3. The SMILES string of the molecule is Cc1n[nH]c(C)c1Sc1ccccc1N=Cc1cccc(Br)c1. The van der Waals surface area contributed by atoms with E-state index in [-0.39, 0.29) is 0 Å². The lowest BCUT2D eigenvalue weighted by Crippen LogP contribution is -1.82. The van der Waals surface area contributed by atoms with Crippen molar-refractivity contribution in [2.45, 2.75) is 23.6 Å². The summed E-state index contributed by atoms with van der Waals surface area (Å²) < 4.78 is 1.05. The molecule has 0 fully saturated rings. The van der Waals surface area contributed by atoms with Crippen LogP contribution in [0.4, 0.5) is 5.69 Å². The quantitative estimate of drug-likeness (QED) is 0.585. The van der Waals surface area contributed by atoms with Crippen LogP contribution in [0.3, 0.4) is 0 Å². The highest BCUT2D eigenvalue weighted by Crippen LogP contribution is 2.37. The normalized spacial score (nSPS) is 11.3. The van der Waals surface area contributed by atoms with Crippen molar-refractivity contribution in [3.63, 3.8) is 0 Å². The van der Waals surface area contributed by atoms with E-state index in [9.17, 15) is 0 Å². The molecule has 0 radical (unpaired) electrons. The Bertz CT molecular complexity index is 835. The first-order chi connectivity index (χ1) is 11.1. The number of halogens is 1. The zero-order valence-corrected chi connectivity index (χ0v) is 15.3. The first kappa shape index (κ1) is 16.0. The first-order valence-corrected chi connectivity index (χ1v) is 8.82. The molecule has 23 heavy (non-hydrogen) atoms. The third-order valence-corrected chi connectivity index (χ3v) is 5.20. The van der Waals surface area contributed by atoms with Gasteiger partial charge in [-0.25, -0.2) is 0 Å². The summed E-state index contributed by atoms with van der Waals surface area (Å²) in [5, 5.41) is 7.28. The molecule has 1 heterocycles. The predicted octanol–water partition coefficient (Wildman–Crippen LogP) is 5.69. The standard InChI is InChI=1S/C18H16BrN3S/c1-12-18(13(2)22-21-12)23-17-9-4-3-8-16(17)20-11-14-6-5-7-15(19)10-14/h3-11H,1-2H3,(H,21,22). The number of para-hydroxylation sites is 1. The van der Waals surface area contributed by atoms with E-state index >= 15 is 0 Å². The molecular formula is C18H16BrN3S. The van der Waals surface area contributed by atoms with E-state index in [1.807, 2.05) is 62.5 Å². The van der Waals surface area contributed by atoms with Gasteiger partial charge in [0.25, 0.3) is 0 Å². The Kier molecular flexibility index (Phi) is 4.98. The van der Waals surface area contributed by atoms with Crippen LogP contribution in [-0.4, -0.2) is 16.4 Å². The van der Waals surface area contributed by atoms with Gasteiger partial charge in [-0.05, 0) is 43.7 Å². The molecular weight excluding hydrogens is 370 g/mol. The minimum atomic E-state index is 0.956. The molecule has 0 unspecified atom stereocenters. The van der Waals surface area contributed by atoms with Gasteiger partial charge in [0.2, 0.25) is 0 Å². The Morgan fingerprint density at radius 2 is 1.96 bits per heavy atom. The van der Waals surface area contributed by atoms with Gasteiger partial charge in [-0.2, -0.15) is 5.10 Å². The molecule has 116 valence electrons. The van der Waals surface area contributed by atoms with E-state index in [4.69, 9.17) is 0 Å². The molecule has 0 aliphatic heterocycles. The average molecular weight is 386 g/mol. The second-order valence-electron chi connectivity index (χ2n) is 5.15. The van der Waals surface area contributed by atoms with Gasteiger partial charge < -0.3 is 0 Å². The van der Waals surface area contributed by atoms with E-state index in [2.05, 4.69) is 37.2 Å². The summed E-state index contributed by atoms with van der Waals surface area (Å²) >= 11 is 5.18. The summed E-state index contributed by atoms with van der Waals surface area (Å²) in [6.07, 6.45) is 1.89. The van der Waals surface area contributed by atoms with Crippen molar-refractivity contribution in [2.75, 3.05) is 0 Å². The van der Waals surface area contributed by atoms with Crippen LogP contribution in [0.5, 0.6) is 0 Å². The predicted molar refractivity (Wildman–Crippen MR) is 100 cm³/mol. The zero-order chi connectivity index (χ0) is 16.2. The fourth-order valence-corrected chi connectivity index (χ4v) is 3.58. The van der Waals surface area contributed by atoms with Gasteiger partial charge in [-0.15, -0.1) is 0 Å². The zero-order valence-electron chi connectivity index (χ0n) is 12.9. The highest BCUT2D eigenvalue weighted by Gasteiger charge is 2.10. The van der Waals surface area contributed by atoms with Crippen molar-refractivity contribution < 1.29 is 0 Å². The summed E-state index contributed by atoms with van der Waals surface area (Å²) in [5.41, 5.74) is 4.11. The highest BCUT2D eigenvalue weighted by molar-refractivity contribution is 9.10. The maximum Gasteiger partial charge on any atom is 0.0769 e. The Morgan fingerprint density at radius 3 is 2.70 bits per heavy atom. The lowest BCUT2D eigenvalue weighted by molar-refractivity contribution is 1.02. The van der Waals surface area contributed by atoms with Crippen molar-refractivity contribution in [1.29, 1.82) is 0 Å². The average Bonchev–Trinajstić information content (AvgIpc) is 2.86. The van der Waals surface area contributed by atoms with Gasteiger partial charge in [0.15, 0.2) is 0 Å². The number of hydrogen-bond donors (Lipinski definition) is 1. The number of nitrogens with zero attached hydrogens (tertiary/aromatic N) is 2. The number of aryl methyl sites for hydroxylation is 2. The van der Waals surface area contributed by atoms with Crippen LogP contribution < -0.4 is 0 Å². The van der Waals surface area contributed by atoms with E-state index in [1.54, 1.807) is 11.8 Å². The maximum absolute atomic E-state index is 4.66. The maximum atomic E-state index is 4.66. The van der Waals surface area contributed by atoms with Gasteiger partial charge in [-0.1, -0.05) is 52.0 Å². The fourth-order valence-electron chi connectivity index (χ4n) is 2.18. The van der Waals surface area contributed by atoms with Gasteiger partial charge in [0.1, 0.15) is 0 Å². The summed E-state index contributed by atoms with van der Waals surface area (Å²) in [6.45, 7) is 4.05. The van der Waals surface area contributed by atoms with Crippen molar-refractivity contribution >= 4 is 39.6 Å². The Labute approximate surface area is 148 Å². The first-order valence-electron chi connectivity index (χ1n) is 7.21. The molecule has 0 saturated carbocycles. The van der Waals surface area contributed by atoms with Crippen molar-refractivity contribution in [1.82, 2.24) is 10.2 Å². The number of aliphatic imine (C=N–C) groups is 1. The second-order valence-corrected chi connectivity index (χ2v) is 7.11. The van der Waals surface area contributed by atoms with Gasteiger partial charge >= 0.3 is 0 Å². The largest absolute Gasteiger partial charge is 0.281 e. The monoisotopic (exact) mass is 385 g/mol. The third-order valence-electron chi connectivity index (χ3n) is 3.34. The summed E-state index contributed by atoms with van der Waals surface area (Å²) in [5.74, 6) is 0. The number of aromatic nitrogens is 2. The number of benzene rings is 2. The van der Waals surface area contributed by atoms with Crippen LogP contribution in [0.25, 0.3) is 0 Å². The molecule has 1 N–H and O–H groups in total. The minimum absolute atomic E-state index is 0.956. The summed E-state index contributed by atoms with van der Waals surface area (Å²) in [6, 6.07) is 16.2. The van der Waals surface area contributed by atoms with Crippen LogP contribution in [0, 0.1) is 13.8 Å². The van der Waals surface area contributed by atoms with Gasteiger partial charge in [0, 0.05) is 21.3 Å². The number of aromatic amines is 1. The smallest absolute Gasteiger partial charge is 0.0769 e. The molecule has 2 aromatic carbocycles.